The first-order valence-electron chi connectivity index (χ1n) is 5.63. The monoisotopic (exact) mass is 223 g/mol. The fraction of sp³-hybridized carbons (Fsp3) is 0.583. The quantitative estimate of drug-likeness (QED) is 0.782. The third-order valence-corrected chi connectivity index (χ3v) is 2.42. The number of nitrogens with two attached hydrogens (primary N) is 1. The maximum Gasteiger partial charge on any atom is 0.237 e. The van der Waals surface area contributed by atoms with Gasteiger partial charge in [0.2, 0.25) is 5.91 Å². The lowest BCUT2D eigenvalue weighted by Crippen LogP contribution is -2.40. The molecule has 3 N–H and O–H groups in total. The Hall–Kier alpha value is -1.29. The van der Waals surface area contributed by atoms with E-state index in [1.807, 2.05) is 30.1 Å². The third kappa shape index (κ3) is 4.06. The summed E-state index contributed by atoms with van der Waals surface area (Å²) in [5.74, 6) is 0.370. The Balaban J connectivity index is 2.35. The third-order valence-electron chi connectivity index (χ3n) is 2.42. The second kappa shape index (κ2) is 5.70. The molecule has 16 heavy (non-hydrogen) atoms. The molecule has 90 valence electrons. The molecule has 0 radical (unpaired) electrons. The number of rotatable bonds is 5. The fourth-order valence-electron chi connectivity index (χ4n) is 1.60. The molecule has 1 heterocycles. The summed E-state index contributed by atoms with van der Waals surface area (Å²) in [5, 5.41) is 2.84. The standard InChI is InChI=1S/C12H21N3O/c1-9(2)6-11(13)12(16)14-7-10-4-5-15(3)8-10/h4-5,8-9,11H,6-7,13H2,1-3H3,(H,14,16). The van der Waals surface area contributed by atoms with Crippen LogP contribution >= 0.6 is 0 Å². The summed E-state index contributed by atoms with van der Waals surface area (Å²) in [4.78, 5) is 11.6. The molecule has 0 aliphatic carbocycles. The highest BCUT2D eigenvalue weighted by Crippen LogP contribution is 2.03. The number of hydrogen-bond acceptors (Lipinski definition) is 2. The van der Waals surface area contributed by atoms with Crippen molar-refractivity contribution in [3.8, 4) is 0 Å². The molecule has 1 atom stereocenters. The molecule has 1 aromatic heterocycles. The molecule has 1 aromatic rings. The molecule has 4 nitrogen and oxygen atoms in total. The van der Waals surface area contributed by atoms with Crippen molar-refractivity contribution in [3.63, 3.8) is 0 Å². The molecule has 0 bridgehead atoms. The van der Waals surface area contributed by atoms with Crippen molar-refractivity contribution in [2.24, 2.45) is 18.7 Å². The number of aryl methyl sites for hydroxylation is 1. The maximum absolute atomic E-state index is 11.6. The minimum absolute atomic E-state index is 0.0717. The molecule has 1 amide bonds. The van der Waals surface area contributed by atoms with Gasteiger partial charge in [-0.05, 0) is 24.0 Å². The van der Waals surface area contributed by atoms with Crippen molar-refractivity contribution < 1.29 is 4.79 Å². The highest BCUT2D eigenvalue weighted by atomic mass is 16.2. The van der Waals surface area contributed by atoms with E-state index in [0.29, 0.717) is 12.5 Å². The van der Waals surface area contributed by atoms with Crippen molar-refractivity contribution in [1.82, 2.24) is 9.88 Å². The van der Waals surface area contributed by atoms with Gasteiger partial charge in [0.1, 0.15) is 0 Å². The van der Waals surface area contributed by atoms with Crippen LogP contribution in [0.3, 0.4) is 0 Å². The predicted octanol–water partition coefficient (Wildman–Crippen LogP) is 1.01. The van der Waals surface area contributed by atoms with Gasteiger partial charge in [-0.25, -0.2) is 0 Å². The molecule has 4 heteroatoms. The summed E-state index contributed by atoms with van der Waals surface area (Å²) in [6.45, 7) is 4.67. The van der Waals surface area contributed by atoms with Gasteiger partial charge in [-0.3, -0.25) is 4.79 Å². The molecule has 0 saturated heterocycles. The van der Waals surface area contributed by atoms with Gasteiger partial charge in [0.05, 0.1) is 6.04 Å². The lowest BCUT2D eigenvalue weighted by atomic mass is 10.0. The fourth-order valence-corrected chi connectivity index (χ4v) is 1.60. The van der Waals surface area contributed by atoms with E-state index in [4.69, 9.17) is 5.73 Å². The van der Waals surface area contributed by atoms with E-state index < -0.39 is 6.04 Å². The Labute approximate surface area is 96.8 Å². The van der Waals surface area contributed by atoms with Gasteiger partial charge in [-0.1, -0.05) is 13.8 Å². The van der Waals surface area contributed by atoms with Crippen LogP contribution in [0.15, 0.2) is 18.5 Å². The van der Waals surface area contributed by atoms with E-state index in [-0.39, 0.29) is 5.91 Å². The molecule has 1 rings (SSSR count). The van der Waals surface area contributed by atoms with Gasteiger partial charge in [0.25, 0.3) is 0 Å². The highest BCUT2D eigenvalue weighted by molar-refractivity contribution is 5.81. The average Bonchev–Trinajstić information content (AvgIpc) is 2.59. The highest BCUT2D eigenvalue weighted by Gasteiger charge is 2.14. The normalized spacial score (nSPS) is 12.8. The molecule has 0 aliphatic rings. The Morgan fingerprint density at radius 2 is 2.25 bits per heavy atom. The van der Waals surface area contributed by atoms with Crippen LogP contribution in [0.1, 0.15) is 25.8 Å². The summed E-state index contributed by atoms with van der Waals surface area (Å²) in [6, 6.07) is 1.58. The van der Waals surface area contributed by atoms with Crippen LogP contribution in [0.2, 0.25) is 0 Å². The molecule has 0 aliphatic heterocycles. The first-order chi connectivity index (χ1) is 7.49. The predicted molar refractivity (Wildman–Crippen MR) is 64.7 cm³/mol. The van der Waals surface area contributed by atoms with Gasteiger partial charge < -0.3 is 15.6 Å². The Morgan fingerprint density at radius 1 is 1.56 bits per heavy atom. The number of amides is 1. The number of nitrogens with zero attached hydrogens (tertiary/aromatic N) is 1. The Kier molecular flexibility index (Phi) is 4.55. The van der Waals surface area contributed by atoms with Crippen LogP contribution in [0.25, 0.3) is 0 Å². The van der Waals surface area contributed by atoms with Crippen LogP contribution in [0.5, 0.6) is 0 Å². The van der Waals surface area contributed by atoms with Crippen molar-refractivity contribution in [2.75, 3.05) is 0 Å². The molecular formula is C12H21N3O. The zero-order chi connectivity index (χ0) is 12.1. The summed E-state index contributed by atoms with van der Waals surface area (Å²) in [5.41, 5.74) is 6.86. The smallest absolute Gasteiger partial charge is 0.237 e. The zero-order valence-electron chi connectivity index (χ0n) is 10.2. The summed E-state index contributed by atoms with van der Waals surface area (Å²) >= 11 is 0. The van der Waals surface area contributed by atoms with E-state index in [1.165, 1.54) is 0 Å². The number of hydrogen-bond donors (Lipinski definition) is 2. The Bertz CT molecular complexity index is 344. The van der Waals surface area contributed by atoms with Crippen LogP contribution in [-0.2, 0) is 18.4 Å². The molecular weight excluding hydrogens is 202 g/mol. The molecule has 0 saturated carbocycles. The Morgan fingerprint density at radius 3 is 2.75 bits per heavy atom. The van der Waals surface area contributed by atoms with Gasteiger partial charge in [0.15, 0.2) is 0 Å². The van der Waals surface area contributed by atoms with Crippen LogP contribution in [0.4, 0.5) is 0 Å². The van der Waals surface area contributed by atoms with Crippen molar-refractivity contribution in [2.45, 2.75) is 32.9 Å². The lowest BCUT2D eigenvalue weighted by Gasteiger charge is -2.13. The van der Waals surface area contributed by atoms with E-state index in [2.05, 4.69) is 19.2 Å². The molecule has 0 aromatic carbocycles. The van der Waals surface area contributed by atoms with Gasteiger partial charge >= 0.3 is 0 Å². The first kappa shape index (κ1) is 12.8. The van der Waals surface area contributed by atoms with Crippen LogP contribution in [-0.4, -0.2) is 16.5 Å². The first-order valence-corrected chi connectivity index (χ1v) is 5.63. The van der Waals surface area contributed by atoms with Crippen LogP contribution < -0.4 is 11.1 Å². The van der Waals surface area contributed by atoms with Crippen molar-refractivity contribution in [3.05, 3.63) is 24.0 Å². The number of aromatic nitrogens is 1. The van der Waals surface area contributed by atoms with Gasteiger partial charge in [-0.2, -0.15) is 0 Å². The largest absolute Gasteiger partial charge is 0.357 e. The number of carbonyl (C=O) groups excluding carboxylic acids is 1. The minimum atomic E-state index is -0.399. The van der Waals surface area contributed by atoms with Gasteiger partial charge in [-0.15, -0.1) is 0 Å². The van der Waals surface area contributed by atoms with E-state index in [0.717, 1.165) is 12.0 Å². The number of carbonyl (C=O) groups is 1. The van der Waals surface area contributed by atoms with Crippen molar-refractivity contribution in [1.29, 1.82) is 0 Å². The lowest BCUT2D eigenvalue weighted by molar-refractivity contribution is -0.122. The van der Waals surface area contributed by atoms with E-state index in [1.54, 1.807) is 0 Å². The van der Waals surface area contributed by atoms with E-state index >= 15 is 0 Å². The summed E-state index contributed by atoms with van der Waals surface area (Å²) in [7, 11) is 1.95. The second-order valence-corrected chi connectivity index (χ2v) is 4.64. The number of nitrogens with one attached hydrogen (secondary N) is 1. The SMILES string of the molecule is CC(C)CC(N)C(=O)NCc1ccn(C)c1. The molecule has 0 fully saturated rings. The molecule has 0 spiro atoms. The maximum atomic E-state index is 11.6. The van der Waals surface area contributed by atoms with Gasteiger partial charge in [0, 0.05) is 26.0 Å². The van der Waals surface area contributed by atoms with E-state index in [9.17, 15) is 4.79 Å². The summed E-state index contributed by atoms with van der Waals surface area (Å²) in [6.07, 6.45) is 4.66. The second-order valence-electron chi connectivity index (χ2n) is 4.64. The minimum Gasteiger partial charge on any atom is -0.357 e. The van der Waals surface area contributed by atoms with Crippen molar-refractivity contribution >= 4 is 5.91 Å². The molecule has 1 unspecified atom stereocenters. The zero-order valence-corrected chi connectivity index (χ0v) is 10.2. The average molecular weight is 223 g/mol. The van der Waals surface area contributed by atoms with Crippen LogP contribution in [0, 0.1) is 5.92 Å². The summed E-state index contributed by atoms with van der Waals surface area (Å²) < 4.78 is 1.95. The topological polar surface area (TPSA) is 60.1 Å².